The summed E-state index contributed by atoms with van der Waals surface area (Å²) in [4.78, 5) is 72.0. The molecule has 0 bridgehead atoms. The molecule has 15 nitrogen and oxygen atoms in total. The van der Waals surface area contributed by atoms with Crippen molar-refractivity contribution in [3.63, 3.8) is 0 Å². The van der Waals surface area contributed by atoms with Gasteiger partial charge < -0.3 is 30.0 Å². The summed E-state index contributed by atoms with van der Waals surface area (Å²) in [6.45, 7) is 26.2. The molecule has 0 radical (unpaired) electrons. The molecule has 1 rings (SSSR count). The molecule has 1 amide bonds. The first kappa shape index (κ1) is 48.2. The SMILES string of the molecule is CC(C)(C)OC(=O)CN1CCN(CC(=O)NCCCCC(N)C(=O)OC(C)(C)C)CCN(CC(=O)OC(C)(C)C)CCN(CC(=O)OC(C)(C)C)CC1. The number of rotatable bonds is 14. The van der Waals surface area contributed by atoms with Gasteiger partial charge in [0.1, 0.15) is 28.4 Å². The van der Waals surface area contributed by atoms with Crippen LogP contribution in [0.3, 0.4) is 0 Å². The minimum atomic E-state index is -0.719. The second kappa shape index (κ2) is 21.9. The van der Waals surface area contributed by atoms with Gasteiger partial charge in [-0.3, -0.25) is 43.6 Å². The van der Waals surface area contributed by atoms with Crippen molar-refractivity contribution in [3.05, 3.63) is 0 Å². The average Bonchev–Trinajstić information content (AvgIpc) is 2.94. The Hall–Kier alpha value is -2.85. The minimum Gasteiger partial charge on any atom is -0.459 e. The van der Waals surface area contributed by atoms with Gasteiger partial charge in [-0.25, -0.2) is 0 Å². The summed E-state index contributed by atoms with van der Waals surface area (Å²) in [5.74, 6) is -1.67. The van der Waals surface area contributed by atoms with Gasteiger partial charge in [0, 0.05) is 58.9 Å². The molecule has 308 valence electrons. The predicted molar refractivity (Wildman–Crippen MR) is 204 cm³/mol. The summed E-state index contributed by atoms with van der Waals surface area (Å²) in [7, 11) is 0. The highest BCUT2D eigenvalue weighted by Crippen LogP contribution is 2.12. The average molecular weight is 757 g/mol. The largest absolute Gasteiger partial charge is 0.459 e. The van der Waals surface area contributed by atoms with E-state index in [2.05, 4.69) is 5.32 Å². The monoisotopic (exact) mass is 757 g/mol. The second-order valence-corrected chi connectivity index (χ2v) is 17.8. The van der Waals surface area contributed by atoms with Crippen molar-refractivity contribution in [2.45, 2.75) is 131 Å². The number of carbonyl (C=O) groups is 5. The van der Waals surface area contributed by atoms with E-state index in [0.29, 0.717) is 78.2 Å². The maximum absolute atomic E-state index is 13.1. The van der Waals surface area contributed by atoms with Crippen LogP contribution in [0.4, 0.5) is 0 Å². The van der Waals surface area contributed by atoms with Crippen LogP contribution in [0.5, 0.6) is 0 Å². The number of amides is 1. The van der Waals surface area contributed by atoms with Gasteiger partial charge in [-0.1, -0.05) is 0 Å². The Morgan fingerprint density at radius 2 is 0.811 bits per heavy atom. The third-order valence-electron chi connectivity index (χ3n) is 7.59. The number of unbranched alkanes of at least 4 members (excludes halogenated alkanes) is 1. The number of nitrogens with zero attached hydrogens (tertiary/aromatic N) is 4. The third kappa shape index (κ3) is 25.7. The summed E-state index contributed by atoms with van der Waals surface area (Å²) >= 11 is 0. The predicted octanol–water partition coefficient (Wildman–Crippen LogP) is 2.19. The zero-order valence-electron chi connectivity index (χ0n) is 34.9. The van der Waals surface area contributed by atoms with E-state index in [1.807, 2.05) is 81.9 Å². The van der Waals surface area contributed by atoms with E-state index in [-0.39, 0.29) is 50.0 Å². The molecule has 1 saturated heterocycles. The van der Waals surface area contributed by atoms with Crippen molar-refractivity contribution in [3.8, 4) is 0 Å². The summed E-state index contributed by atoms with van der Waals surface area (Å²) in [6, 6.07) is -0.719. The van der Waals surface area contributed by atoms with E-state index in [0.717, 1.165) is 0 Å². The number of carbonyl (C=O) groups excluding carboxylic acids is 5. The first-order valence-corrected chi connectivity index (χ1v) is 19.0. The highest BCUT2D eigenvalue weighted by Gasteiger charge is 2.26. The van der Waals surface area contributed by atoms with E-state index in [1.165, 1.54) is 0 Å². The zero-order chi connectivity index (χ0) is 40.6. The van der Waals surface area contributed by atoms with Crippen LogP contribution in [0.1, 0.15) is 102 Å². The molecular formula is C38H72N6O9. The Bertz CT molecular complexity index is 1120. The molecule has 1 unspecified atom stereocenters. The third-order valence-corrected chi connectivity index (χ3v) is 7.59. The van der Waals surface area contributed by atoms with E-state index >= 15 is 0 Å². The van der Waals surface area contributed by atoms with Crippen molar-refractivity contribution in [1.29, 1.82) is 0 Å². The lowest BCUT2D eigenvalue weighted by molar-refractivity contribution is -0.158. The highest BCUT2D eigenvalue weighted by molar-refractivity contribution is 5.78. The molecule has 15 heteroatoms. The van der Waals surface area contributed by atoms with E-state index in [9.17, 15) is 24.0 Å². The quantitative estimate of drug-likeness (QED) is 0.150. The summed E-state index contributed by atoms with van der Waals surface area (Å²) in [5.41, 5.74) is 3.47. The number of ether oxygens (including phenoxy) is 4. The Balaban J connectivity index is 3.08. The number of nitrogens with one attached hydrogen (secondary N) is 1. The fourth-order valence-electron chi connectivity index (χ4n) is 5.35. The van der Waals surface area contributed by atoms with E-state index < -0.39 is 34.4 Å². The molecular weight excluding hydrogens is 684 g/mol. The van der Waals surface area contributed by atoms with Crippen molar-refractivity contribution in [2.24, 2.45) is 5.73 Å². The van der Waals surface area contributed by atoms with Crippen LogP contribution < -0.4 is 11.1 Å². The maximum Gasteiger partial charge on any atom is 0.323 e. The van der Waals surface area contributed by atoms with Crippen LogP contribution in [0, 0.1) is 0 Å². The minimum absolute atomic E-state index is 0.0494. The van der Waals surface area contributed by atoms with Gasteiger partial charge in [0.15, 0.2) is 0 Å². The normalized spacial score (nSPS) is 17.5. The fourth-order valence-corrected chi connectivity index (χ4v) is 5.35. The first-order valence-electron chi connectivity index (χ1n) is 19.0. The van der Waals surface area contributed by atoms with E-state index in [4.69, 9.17) is 24.7 Å². The molecule has 1 fully saturated rings. The summed E-state index contributed by atoms with van der Waals surface area (Å²) < 4.78 is 22.2. The number of hydrogen-bond acceptors (Lipinski definition) is 14. The van der Waals surface area contributed by atoms with E-state index in [1.54, 1.807) is 20.8 Å². The molecule has 53 heavy (non-hydrogen) atoms. The number of hydrogen-bond donors (Lipinski definition) is 2. The molecule has 1 atom stereocenters. The van der Waals surface area contributed by atoms with Crippen LogP contribution in [-0.4, -0.2) is 163 Å². The van der Waals surface area contributed by atoms with Gasteiger partial charge in [-0.2, -0.15) is 0 Å². The second-order valence-electron chi connectivity index (χ2n) is 17.8. The lowest BCUT2D eigenvalue weighted by atomic mass is 10.1. The highest BCUT2D eigenvalue weighted by atomic mass is 16.6. The van der Waals surface area contributed by atoms with Gasteiger partial charge in [0.05, 0.1) is 26.2 Å². The molecule has 0 spiro atoms. The van der Waals surface area contributed by atoms with Gasteiger partial charge in [0.2, 0.25) is 5.91 Å². The van der Waals surface area contributed by atoms with Crippen LogP contribution in [0.25, 0.3) is 0 Å². The Labute approximate surface area is 318 Å². The number of esters is 4. The van der Waals surface area contributed by atoms with Crippen molar-refractivity contribution >= 4 is 29.8 Å². The topological polar surface area (TPSA) is 173 Å². The van der Waals surface area contributed by atoms with Gasteiger partial charge >= 0.3 is 23.9 Å². The lowest BCUT2D eigenvalue weighted by Crippen LogP contribution is -2.50. The molecule has 0 aromatic rings. The molecule has 1 aliphatic heterocycles. The number of nitrogens with two attached hydrogens (primary N) is 1. The molecule has 0 aromatic heterocycles. The van der Waals surface area contributed by atoms with Gasteiger partial charge in [0.25, 0.3) is 0 Å². The Morgan fingerprint density at radius 3 is 1.11 bits per heavy atom. The Morgan fingerprint density at radius 1 is 0.509 bits per heavy atom. The fraction of sp³-hybridized carbons (Fsp3) is 0.868. The summed E-state index contributed by atoms with van der Waals surface area (Å²) in [5, 5.41) is 2.97. The molecule has 1 aliphatic rings. The lowest BCUT2D eigenvalue weighted by Gasteiger charge is -2.34. The van der Waals surface area contributed by atoms with Crippen molar-refractivity contribution in [2.75, 3.05) is 85.1 Å². The van der Waals surface area contributed by atoms with Crippen molar-refractivity contribution in [1.82, 2.24) is 24.9 Å². The Kier molecular flexibility index (Phi) is 19.9. The zero-order valence-corrected chi connectivity index (χ0v) is 34.9. The molecule has 3 N–H and O–H groups in total. The van der Waals surface area contributed by atoms with Crippen LogP contribution in [-0.2, 0) is 42.9 Å². The standard InChI is InChI=1S/C38H72N6O9/c1-35(2,3)50-31(46)26-42-19-17-41(25-30(45)40-16-14-13-15-29(39)34(49)53-38(10,11)12)18-20-43(27-32(47)51-36(4,5)6)22-24-44(23-21-42)28-33(48)52-37(7,8)9/h29H,13-28,39H2,1-12H3,(H,40,45). The molecule has 0 aliphatic carbocycles. The smallest absolute Gasteiger partial charge is 0.323 e. The van der Waals surface area contributed by atoms with Crippen molar-refractivity contribution < 1.29 is 42.9 Å². The molecule has 0 aromatic carbocycles. The van der Waals surface area contributed by atoms with Crippen LogP contribution in [0.15, 0.2) is 0 Å². The first-order chi connectivity index (χ1) is 24.2. The van der Waals surface area contributed by atoms with Gasteiger partial charge in [-0.05, 0) is 102 Å². The maximum atomic E-state index is 13.1. The molecule has 0 saturated carbocycles. The summed E-state index contributed by atoms with van der Waals surface area (Å²) in [6.07, 6.45) is 1.75. The van der Waals surface area contributed by atoms with Crippen LogP contribution in [0.2, 0.25) is 0 Å². The van der Waals surface area contributed by atoms with Crippen LogP contribution >= 0.6 is 0 Å². The van der Waals surface area contributed by atoms with Gasteiger partial charge in [-0.15, -0.1) is 0 Å². The molecule has 1 heterocycles.